The summed E-state index contributed by atoms with van der Waals surface area (Å²) in [5, 5.41) is 5.08. The topological polar surface area (TPSA) is 3.24 Å². The molecule has 0 spiro atoms. The van der Waals surface area contributed by atoms with Gasteiger partial charge in [0.25, 0.3) is 0 Å². The van der Waals surface area contributed by atoms with E-state index in [1.54, 1.807) is 0 Å². The lowest BCUT2D eigenvalue weighted by Crippen LogP contribution is -2.28. The second-order valence-electron chi connectivity index (χ2n) is 17.2. The number of rotatable bonds is 6. The normalized spacial score (nSPS) is 14.0. The molecular weight excluding hydrogens is 735 g/mol. The van der Waals surface area contributed by atoms with Gasteiger partial charge in [0, 0.05) is 22.4 Å². The summed E-state index contributed by atoms with van der Waals surface area (Å²) in [5.41, 5.74) is 18.2. The van der Waals surface area contributed by atoms with E-state index in [1.807, 2.05) is 0 Å². The lowest BCUT2D eigenvalue weighted by molar-refractivity contribution is 0.660. The molecule has 0 saturated carbocycles. The maximum absolute atomic E-state index is 2.52. The molecule has 61 heavy (non-hydrogen) atoms. The molecule has 0 fully saturated rings. The standard InChI is InChI=1S/C60H43N/c1-59(2)53-28-15-14-27-51(53)58-55(59)30-17-31-57(58)61(44-34-32-40(33-35-44)52-38-41-18-9-10-23-46(41)47-24-11-12-25-48(47)52)45-36-37-50-49-26-13-16-29-54(49)60(56(50)39-45,42-19-5-3-6-20-42)43-21-7-4-8-22-43/h3-39H,1-2H3. The zero-order chi connectivity index (χ0) is 40.7. The van der Waals surface area contributed by atoms with Crippen LogP contribution in [0.3, 0.4) is 0 Å². The molecule has 0 N–H and O–H groups in total. The van der Waals surface area contributed by atoms with E-state index in [0.717, 1.165) is 11.4 Å². The molecule has 0 saturated heterocycles. The van der Waals surface area contributed by atoms with E-state index in [-0.39, 0.29) is 5.41 Å². The fourth-order valence-corrected chi connectivity index (χ4v) is 11.0. The Morgan fingerprint density at radius 1 is 0.344 bits per heavy atom. The summed E-state index contributed by atoms with van der Waals surface area (Å²) in [4.78, 5) is 2.52. The molecule has 1 nitrogen and oxygen atoms in total. The number of anilines is 3. The Kier molecular flexibility index (Phi) is 7.86. The first kappa shape index (κ1) is 35.5. The molecule has 2 aliphatic carbocycles. The van der Waals surface area contributed by atoms with Crippen molar-refractivity contribution in [2.45, 2.75) is 24.7 Å². The fraction of sp³-hybridized carbons (Fsp3) is 0.0667. The summed E-state index contributed by atoms with van der Waals surface area (Å²) in [5.74, 6) is 0. The molecular formula is C60H43N. The Morgan fingerprint density at radius 2 is 0.902 bits per heavy atom. The van der Waals surface area contributed by atoms with Crippen molar-refractivity contribution in [2.75, 3.05) is 4.90 Å². The summed E-state index contributed by atoms with van der Waals surface area (Å²) < 4.78 is 0. The molecule has 10 aromatic carbocycles. The van der Waals surface area contributed by atoms with E-state index in [0.29, 0.717) is 0 Å². The SMILES string of the molecule is CC1(C)c2ccccc2-c2c(N(c3ccc(-c4cc5ccccc5c5ccccc45)cc3)c3ccc4c(c3)C(c3ccccc3)(c3ccccc3)c3ccccc3-4)cccc21. The van der Waals surface area contributed by atoms with Crippen LogP contribution in [0, 0.1) is 0 Å². The summed E-state index contributed by atoms with van der Waals surface area (Å²) in [6, 6.07) is 83.6. The first-order valence-corrected chi connectivity index (χ1v) is 21.4. The smallest absolute Gasteiger partial charge is 0.0714 e. The van der Waals surface area contributed by atoms with Crippen LogP contribution in [0.15, 0.2) is 224 Å². The first-order valence-electron chi connectivity index (χ1n) is 21.4. The van der Waals surface area contributed by atoms with Crippen molar-refractivity contribution in [3.05, 3.63) is 258 Å². The first-order chi connectivity index (χ1) is 30.0. The molecule has 0 unspecified atom stereocenters. The van der Waals surface area contributed by atoms with E-state index in [1.165, 1.54) is 94.0 Å². The zero-order valence-electron chi connectivity index (χ0n) is 34.3. The van der Waals surface area contributed by atoms with E-state index in [9.17, 15) is 0 Å². The highest BCUT2D eigenvalue weighted by Gasteiger charge is 2.46. The largest absolute Gasteiger partial charge is 0.310 e. The van der Waals surface area contributed by atoms with Gasteiger partial charge >= 0.3 is 0 Å². The number of fused-ring (bicyclic) bond motifs is 9. The molecule has 0 heterocycles. The molecule has 0 aromatic heterocycles. The van der Waals surface area contributed by atoms with E-state index in [4.69, 9.17) is 0 Å². The third-order valence-electron chi connectivity index (χ3n) is 13.7. The maximum atomic E-state index is 2.52. The predicted molar refractivity (Wildman–Crippen MR) is 256 cm³/mol. The Bertz CT molecular complexity index is 3280. The molecule has 0 aliphatic heterocycles. The van der Waals surface area contributed by atoms with Crippen molar-refractivity contribution in [2.24, 2.45) is 0 Å². The molecule has 0 radical (unpaired) electrons. The number of hydrogen-bond donors (Lipinski definition) is 0. The van der Waals surface area contributed by atoms with Crippen LogP contribution >= 0.6 is 0 Å². The van der Waals surface area contributed by atoms with Gasteiger partial charge in [0.2, 0.25) is 0 Å². The van der Waals surface area contributed by atoms with Crippen LogP contribution in [-0.4, -0.2) is 0 Å². The number of nitrogens with zero attached hydrogens (tertiary/aromatic N) is 1. The minimum absolute atomic E-state index is 0.135. The van der Waals surface area contributed by atoms with E-state index < -0.39 is 5.41 Å². The van der Waals surface area contributed by atoms with Gasteiger partial charge in [-0.25, -0.2) is 0 Å². The highest BCUT2D eigenvalue weighted by molar-refractivity contribution is 6.13. The van der Waals surface area contributed by atoms with Crippen molar-refractivity contribution < 1.29 is 0 Å². The van der Waals surface area contributed by atoms with Crippen LogP contribution in [0.4, 0.5) is 17.1 Å². The van der Waals surface area contributed by atoms with Crippen molar-refractivity contribution >= 4 is 38.6 Å². The van der Waals surface area contributed by atoms with Gasteiger partial charge in [-0.15, -0.1) is 0 Å². The molecule has 2 aliphatic rings. The van der Waals surface area contributed by atoms with Crippen LogP contribution in [-0.2, 0) is 10.8 Å². The Morgan fingerprint density at radius 3 is 1.64 bits per heavy atom. The fourth-order valence-electron chi connectivity index (χ4n) is 11.0. The quantitative estimate of drug-likeness (QED) is 0.152. The third-order valence-corrected chi connectivity index (χ3v) is 13.7. The summed E-state index contributed by atoms with van der Waals surface area (Å²) in [6.45, 7) is 4.74. The van der Waals surface area contributed by atoms with Gasteiger partial charge in [-0.05, 0) is 119 Å². The van der Waals surface area contributed by atoms with Crippen molar-refractivity contribution in [3.8, 4) is 33.4 Å². The minimum Gasteiger partial charge on any atom is -0.310 e. The average molecular weight is 778 g/mol. The number of benzene rings is 10. The predicted octanol–water partition coefficient (Wildman–Crippen LogP) is 15.8. The minimum atomic E-state index is -0.510. The van der Waals surface area contributed by atoms with Gasteiger partial charge in [-0.2, -0.15) is 0 Å². The highest BCUT2D eigenvalue weighted by Crippen LogP contribution is 2.59. The molecule has 0 amide bonds. The monoisotopic (exact) mass is 777 g/mol. The zero-order valence-corrected chi connectivity index (χ0v) is 34.3. The third kappa shape index (κ3) is 5.14. The molecule has 1 heteroatoms. The summed E-state index contributed by atoms with van der Waals surface area (Å²) in [6.07, 6.45) is 0. The Hall–Kier alpha value is -7.48. The molecule has 288 valence electrons. The molecule has 0 bridgehead atoms. The van der Waals surface area contributed by atoms with Crippen LogP contribution in [0.5, 0.6) is 0 Å². The van der Waals surface area contributed by atoms with Gasteiger partial charge < -0.3 is 4.90 Å². The van der Waals surface area contributed by atoms with Crippen LogP contribution < -0.4 is 4.90 Å². The van der Waals surface area contributed by atoms with Gasteiger partial charge in [0.15, 0.2) is 0 Å². The highest BCUT2D eigenvalue weighted by atomic mass is 15.1. The summed E-state index contributed by atoms with van der Waals surface area (Å²) in [7, 11) is 0. The Balaban J connectivity index is 1.11. The van der Waals surface area contributed by atoms with Gasteiger partial charge in [0.1, 0.15) is 0 Å². The van der Waals surface area contributed by atoms with Crippen molar-refractivity contribution in [1.29, 1.82) is 0 Å². The molecule has 10 aromatic rings. The molecule has 12 rings (SSSR count). The van der Waals surface area contributed by atoms with Crippen molar-refractivity contribution in [1.82, 2.24) is 0 Å². The second kappa shape index (κ2) is 13.5. The second-order valence-corrected chi connectivity index (χ2v) is 17.2. The average Bonchev–Trinajstić information content (AvgIpc) is 3.75. The van der Waals surface area contributed by atoms with E-state index >= 15 is 0 Å². The van der Waals surface area contributed by atoms with Crippen LogP contribution in [0.25, 0.3) is 54.9 Å². The lowest BCUT2D eigenvalue weighted by Gasteiger charge is -2.35. The van der Waals surface area contributed by atoms with Gasteiger partial charge in [0.05, 0.1) is 11.1 Å². The van der Waals surface area contributed by atoms with Gasteiger partial charge in [-0.1, -0.05) is 202 Å². The van der Waals surface area contributed by atoms with Crippen LogP contribution in [0.1, 0.15) is 47.2 Å². The lowest BCUT2D eigenvalue weighted by atomic mass is 9.67. The number of hydrogen-bond acceptors (Lipinski definition) is 1. The van der Waals surface area contributed by atoms with Gasteiger partial charge in [-0.3, -0.25) is 0 Å². The van der Waals surface area contributed by atoms with Crippen LogP contribution in [0.2, 0.25) is 0 Å². The molecule has 0 atom stereocenters. The maximum Gasteiger partial charge on any atom is 0.0714 e. The van der Waals surface area contributed by atoms with E-state index in [2.05, 4.69) is 243 Å². The Labute approximate surface area is 357 Å². The van der Waals surface area contributed by atoms with Crippen molar-refractivity contribution in [3.63, 3.8) is 0 Å². The summed E-state index contributed by atoms with van der Waals surface area (Å²) >= 11 is 0.